The normalized spacial score (nSPS) is 21.9. The van der Waals surface area contributed by atoms with Crippen molar-refractivity contribution in [1.29, 1.82) is 0 Å². The van der Waals surface area contributed by atoms with Gasteiger partial charge < -0.3 is 10.2 Å². The number of nitrogens with one attached hydrogen (secondary N) is 1. The maximum absolute atomic E-state index is 3.68. The fourth-order valence-electron chi connectivity index (χ4n) is 2.19. The number of nitrogens with zero attached hydrogens (tertiary/aromatic N) is 2. The minimum absolute atomic E-state index is 0.583. The molecular formula is C13H29N3. The third-order valence-corrected chi connectivity index (χ3v) is 3.40. The summed E-state index contributed by atoms with van der Waals surface area (Å²) in [4.78, 5) is 5.01. The van der Waals surface area contributed by atoms with Gasteiger partial charge in [-0.05, 0) is 13.0 Å². The van der Waals surface area contributed by atoms with Crippen LogP contribution in [0.3, 0.4) is 0 Å². The minimum Gasteiger partial charge on any atom is -0.310 e. The standard InChI is InChI=1S/C13H29N3/c1-11(2)13(14-12(3)4)10-16-8-6-15(5)7-9-16/h11-14H,6-10H2,1-5H3. The molecule has 1 rings (SSSR count). The van der Waals surface area contributed by atoms with Gasteiger partial charge in [0.05, 0.1) is 0 Å². The summed E-state index contributed by atoms with van der Waals surface area (Å²) < 4.78 is 0. The van der Waals surface area contributed by atoms with E-state index in [1.807, 2.05) is 0 Å². The van der Waals surface area contributed by atoms with Gasteiger partial charge in [-0.15, -0.1) is 0 Å². The Labute approximate surface area is 101 Å². The van der Waals surface area contributed by atoms with E-state index >= 15 is 0 Å². The first-order valence-corrected chi connectivity index (χ1v) is 6.66. The molecule has 1 aliphatic rings. The topological polar surface area (TPSA) is 18.5 Å². The zero-order chi connectivity index (χ0) is 12.1. The summed E-state index contributed by atoms with van der Waals surface area (Å²) in [7, 11) is 2.21. The van der Waals surface area contributed by atoms with Crippen molar-refractivity contribution in [2.45, 2.75) is 39.8 Å². The van der Waals surface area contributed by atoms with Crippen LogP contribution in [0.2, 0.25) is 0 Å². The van der Waals surface area contributed by atoms with Crippen LogP contribution in [-0.2, 0) is 0 Å². The van der Waals surface area contributed by atoms with Gasteiger partial charge >= 0.3 is 0 Å². The van der Waals surface area contributed by atoms with Gasteiger partial charge in [-0.1, -0.05) is 27.7 Å². The summed E-state index contributed by atoms with van der Waals surface area (Å²) in [5, 5.41) is 3.68. The Hall–Kier alpha value is -0.120. The fraction of sp³-hybridized carbons (Fsp3) is 1.00. The Morgan fingerprint density at radius 2 is 1.56 bits per heavy atom. The maximum Gasteiger partial charge on any atom is 0.0220 e. The Balaban J connectivity index is 2.36. The van der Waals surface area contributed by atoms with Crippen LogP contribution >= 0.6 is 0 Å². The molecule has 0 aromatic rings. The zero-order valence-electron chi connectivity index (χ0n) is 11.7. The molecule has 1 unspecified atom stereocenters. The lowest BCUT2D eigenvalue weighted by molar-refractivity contribution is 0.131. The van der Waals surface area contributed by atoms with E-state index in [4.69, 9.17) is 0 Å². The number of piperazine rings is 1. The molecule has 1 atom stereocenters. The van der Waals surface area contributed by atoms with E-state index in [1.165, 1.54) is 32.7 Å². The second-order valence-corrected chi connectivity index (χ2v) is 5.78. The highest BCUT2D eigenvalue weighted by Crippen LogP contribution is 2.07. The van der Waals surface area contributed by atoms with Crippen LogP contribution in [0.1, 0.15) is 27.7 Å². The Morgan fingerprint density at radius 1 is 1.00 bits per heavy atom. The molecule has 96 valence electrons. The summed E-state index contributed by atoms with van der Waals surface area (Å²) in [5.74, 6) is 0.710. The van der Waals surface area contributed by atoms with Crippen LogP contribution in [0.25, 0.3) is 0 Å². The molecule has 1 aliphatic heterocycles. The third-order valence-electron chi connectivity index (χ3n) is 3.40. The molecular weight excluding hydrogens is 198 g/mol. The first-order valence-electron chi connectivity index (χ1n) is 6.66. The molecule has 1 heterocycles. The van der Waals surface area contributed by atoms with Gasteiger partial charge in [0.15, 0.2) is 0 Å². The largest absolute Gasteiger partial charge is 0.310 e. The Kier molecular flexibility index (Phi) is 5.73. The second kappa shape index (κ2) is 6.58. The molecule has 0 radical (unpaired) electrons. The van der Waals surface area contributed by atoms with Crippen molar-refractivity contribution in [2.24, 2.45) is 5.92 Å². The average molecular weight is 227 g/mol. The van der Waals surface area contributed by atoms with E-state index < -0.39 is 0 Å². The molecule has 16 heavy (non-hydrogen) atoms. The summed E-state index contributed by atoms with van der Waals surface area (Å²) >= 11 is 0. The molecule has 0 bridgehead atoms. The van der Waals surface area contributed by atoms with Crippen LogP contribution in [0.5, 0.6) is 0 Å². The van der Waals surface area contributed by atoms with Crippen molar-refractivity contribution in [2.75, 3.05) is 39.8 Å². The van der Waals surface area contributed by atoms with Crippen molar-refractivity contribution in [3.8, 4) is 0 Å². The predicted molar refractivity (Wildman–Crippen MR) is 70.8 cm³/mol. The number of hydrogen-bond acceptors (Lipinski definition) is 3. The van der Waals surface area contributed by atoms with E-state index in [9.17, 15) is 0 Å². The van der Waals surface area contributed by atoms with Gasteiger partial charge in [0.25, 0.3) is 0 Å². The SMILES string of the molecule is CC(C)NC(CN1CCN(C)CC1)C(C)C. The van der Waals surface area contributed by atoms with Gasteiger partial charge in [-0.25, -0.2) is 0 Å². The van der Waals surface area contributed by atoms with Crippen molar-refractivity contribution < 1.29 is 0 Å². The molecule has 3 nitrogen and oxygen atoms in total. The van der Waals surface area contributed by atoms with Crippen molar-refractivity contribution >= 4 is 0 Å². The minimum atomic E-state index is 0.583. The summed E-state index contributed by atoms with van der Waals surface area (Å²) in [6, 6.07) is 1.21. The van der Waals surface area contributed by atoms with Crippen LogP contribution in [0, 0.1) is 5.92 Å². The molecule has 0 aromatic carbocycles. The highest BCUT2D eigenvalue weighted by molar-refractivity contribution is 4.79. The first-order chi connectivity index (χ1) is 7.49. The molecule has 0 spiro atoms. The monoisotopic (exact) mass is 227 g/mol. The fourth-order valence-corrected chi connectivity index (χ4v) is 2.19. The number of likely N-dealkylation sites (N-methyl/N-ethyl adjacent to an activating group) is 1. The highest BCUT2D eigenvalue weighted by atomic mass is 15.3. The lowest BCUT2D eigenvalue weighted by Crippen LogP contribution is -2.52. The Morgan fingerprint density at radius 3 is 2.00 bits per heavy atom. The number of hydrogen-bond donors (Lipinski definition) is 1. The van der Waals surface area contributed by atoms with Crippen LogP contribution in [0.4, 0.5) is 0 Å². The summed E-state index contributed by atoms with van der Waals surface area (Å²) in [6.07, 6.45) is 0. The van der Waals surface area contributed by atoms with Gasteiger partial charge in [-0.2, -0.15) is 0 Å². The van der Waals surface area contributed by atoms with Crippen LogP contribution < -0.4 is 5.32 Å². The summed E-state index contributed by atoms with van der Waals surface area (Å²) in [6.45, 7) is 15.2. The van der Waals surface area contributed by atoms with E-state index in [0.717, 1.165) is 0 Å². The van der Waals surface area contributed by atoms with Gasteiger partial charge in [0.1, 0.15) is 0 Å². The lowest BCUT2D eigenvalue weighted by Gasteiger charge is -2.36. The van der Waals surface area contributed by atoms with Gasteiger partial charge in [-0.3, -0.25) is 4.90 Å². The summed E-state index contributed by atoms with van der Waals surface area (Å²) in [5.41, 5.74) is 0. The molecule has 0 aliphatic carbocycles. The first kappa shape index (κ1) is 13.9. The predicted octanol–water partition coefficient (Wildman–Crippen LogP) is 1.26. The Bertz CT molecular complexity index is 184. The quantitative estimate of drug-likeness (QED) is 0.763. The molecule has 1 N–H and O–H groups in total. The van der Waals surface area contributed by atoms with E-state index in [0.29, 0.717) is 18.0 Å². The van der Waals surface area contributed by atoms with Gasteiger partial charge in [0, 0.05) is 44.8 Å². The van der Waals surface area contributed by atoms with Crippen molar-refractivity contribution in [3.63, 3.8) is 0 Å². The maximum atomic E-state index is 3.68. The van der Waals surface area contributed by atoms with Gasteiger partial charge in [0.2, 0.25) is 0 Å². The molecule has 1 fully saturated rings. The lowest BCUT2D eigenvalue weighted by atomic mass is 10.0. The molecule has 3 heteroatoms. The number of rotatable bonds is 5. The van der Waals surface area contributed by atoms with Crippen molar-refractivity contribution in [1.82, 2.24) is 15.1 Å². The smallest absolute Gasteiger partial charge is 0.0220 e. The third kappa shape index (κ3) is 4.81. The van der Waals surface area contributed by atoms with Crippen LogP contribution in [-0.4, -0.2) is 61.7 Å². The molecule has 0 amide bonds. The molecule has 1 saturated heterocycles. The molecule has 0 aromatic heterocycles. The van der Waals surface area contributed by atoms with E-state index in [-0.39, 0.29) is 0 Å². The average Bonchev–Trinajstić information content (AvgIpc) is 2.19. The zero-order valence-corrected chi connectivity index (χ0v) is 11.7. The van der Waals surface area contributed by atoms with E-state index in [1.54, 1.807) is 0 Å². The van der Waals surface area contributed by atoms with Crippen molar-refractivity contribution in [3.05, 3.63) is 0 Å². The molecule has 0 saturated carbocycles. The van der Waals surface area contributed by atoms with E-state index in [2.05, 4.69) is 49.9 Å². The second-order valence-electron chi connectivity index (χ2n) is 5.78. The highest BCUT2D eigenvalue weighted by Gasteiger charge is 2.20. The van der Waals surface area contributed by atoms with Crippen LogP contribution in [0.15, 0.2) is 0 Å².